The zero-order valence-corrected chi connectivity index (χ0v) is 29.3. The molecule has 2 aliphatic heterocycles. The number of benzene rings is 4. The van der Waals surface area contributed by atoms with Crippen molar-refractivity contribution in [2.24, 2.45) is 22.7 Å². The number of allylic oxidation sites excluding steroid dienone is 2. The minimum absolute atomic E-state index is 0.0490. The van der Waals surface area contributed by atoms with Gasteiger partial charge in [-0.3, -0.25) is 9.79 Å². The molecule has 4 aromatic rings. The van der Waals surface area contributed by atoms with Crippen LogP contribution in [0.25, 0.3) is 32.7 Å². The Morgan fingerprint density at radius 3 is 2.24 bits per heavy atom. The van der Waals surface area contributed by atoms with Gasteiger partial charge in [-0.25, -0.2) is 0 Å². The van der Waals surface area contributed by atoms with Crippen LogP contribution in [0.15, 0.2) is 71.4 Å². The van der Waals surface area contributed by atoms with Gasteiger partial charge in [0.25, 0.3) is 0 Å². The Morgan fingerprint density at radius 1 is 0.860 bits per heavy atom. The molecule has 7 nitrogen and oxygen atoms in total. The molecule has 0 radical (unpaired) electrons. The van der Waals surface area contributed by atoms with E-state index in [9.17, 15) is 14.7 Å². The maximum Gasteiger partial charge on any atom is 0.201 e. The molecule has 0 saturated heterocycles. The van der Waals surface area contributed by atoms with E-state index in [4.69, 9.17) is 4.99 Å². The fourth-order valence-electron chi connectivity index (χ4n) is 10.2. The van der Waals surface area contributed by atoms with Crippen LogP contribution in [0.5, 0.6) is 0 Å². The number of hydrogen-bond acceptors (Lipinski definition) is 7. The summed E-state index contributed by atoms with van der Waals surface area (Å²) >= 11 is 0. The minimum atomic E-state index is -0.456. The highest BCUT2D eigenvalue weighted by Crippen LogP contribution is 2.50. The van der Waals surface area contributed by atoms with Gasteiger partial charge < -0.3 is 25.9 Å². The first kappa shape index (κ1) is 31.3. The van der Waals surface area contributed by atoms with Crippen LogP contribution in [0.3, 0.4) is 0 Å². The summed E-state index contributed by atoms with van der Waals surface area (Å²) in [5.41, 5.74) is 3.77. The molecule has 2 saturated carbocycles. The Balaban J connectivity index is 1.15. The predicted octanol–water partition coefficient (Wildman–Crippen LogP) is 8.38. The summed E-state index contributed by atoms with van der Waals surface area (Å²) in [5, 5.41) is 29.3. The number of rotatable bonds is 5. The van der Waals surface area contributed by atoms with Gasteiger partial charge in [-0.1, -0.05) is 68.8 Å². The zero-order valence-electron chi connectivity index (χ0n) is 29.3. The van der Waals surface area contributed by atoms with E-state index in [2.05, 4.69) is 72.3 Å². The van der Waals surface area contributed by atoms with Crippen molar-refractivity contribution in [2.45, 2.75) is 96.3 Å². The van der Waals surface area contributed by atoms with Crippen LogP contribution in [0, 0.1) is 17.8 Å². The van der Waals surface area contributed by atoms with E-state index in [1.165, 1.54) is 6.42 Å². The lowest BCUT2D eigenvalue weighted by atomic mass is 9.74. The number of hydrogen-bond donors (Lipinski definition) is 4. The maximum absolute atomic E-state index is 14.4. The van der Waals surface area contributed by atoms with Gasteiger partial charge in [0.05, 0.1) is 22.2 Å². The molecule has 5 aliphatic rings. The van der Waals surface area contributed by atoms with Gasteiger partial charge in [0.2, 0.25) is 5.78 Å². The Morgan fingerprint density at radius 2 is 1.54 bits per heavy atom. The number of ketones is 2. The first-order valence-corrected chi connectivity index (χ1v) is 18.7. The number of aliphatic hydroxyl groups is 1. The standard InChI is InChI=1S/C43H46N4O3/c1-24-21-25(2)23-43(22-24)45-33-12-6-10-29-14-16-31(39(47-43)35(29)33)37-40(49)36(41(37)50)30-15-13-28-9-5-11-32-34(28)38(30)46-42(44-32)19-17-27(18-20-42)8-4-7-26(3)48/h5-6,9-16,24-25,27,44-45,47,49H,4,7-8,17-23H2,1-3H3/b36-30-. The second kappa shape index (κ2) is 11.4. The monoisotopic (exact) mass is 666 g/mol. The third-order valence-electron chi connectivity index (χ3n) is 12.2. The number of aliphatic hydroxyl groups excluding tert-OH is 1. The summed E-state index contributed by atoms with van der Waals surface area (Å²) in [5.74, 6) is 1.88. The van der Waals surface area contributed by atoms with Crippen LogP contribution in [-0.2, 0) is 9.59 Å². The van der Waals surface area contributed by atoms with Crippen LogP contribution in [0.1, 0.15) is 90.5 Å². The first-order chi connectivity index (χ1) is 24.1. The third kappa shape index (κ3) is 4.95. The first-order valence-electron chi connectivity index (χ1n) is 18.7. The van der Waals surface area contributed by atoms with Crippen LogP contribution < -0.4 is 26.5 Å². The molecule has 2 heterocycles. The van der Waals surface area contributed by atoms with E-state index in [-0.39, 0.29) is 23.0 Å². The number of carbonyl (C=O) groups is 2. The average Bonchev–Trinajstić information content (AvgIpc) is 3.07. The second-order valence-electron chi connectivity index (χ2n) is 16.2. The van der Waals surface area contributed by atoms with E-state index in [0.717, 1.165) is 101 Å². The van der Waals surface area contributed by atoms with Crippen molar-refractivity contribution >= 4 is 61.3 Å². The number of Topliss-reactive ketones (excluding diaryl/α,β-unsaturated/α-hetero) is 2. The van der Waals surface area contributed by atoms with E-state index in [1.807, 2.05) is 18.2 Å². The molecule has 2 atom stereocenters. The second-order valence-corrected chi connectivity index (χ2v) is 16.2. The van der Waals surface area contributed by atoms with Crippen molar-refractivity contribution in [3.8, 4) is 0 Å². The molecular formula is C43H46N4O3. The highest BCUT2D eigenvalue weighted by atomic mass is 16.3. The minimum Gasteiger partial charge on any atom is -0.506 e. The number of carbonyl (C=O) groups excluding carboxylic acids is 2. The molecule has 256 valence electrons. The molecule has 4 aromatic carbocycles. The predicted molar refractivity (Wildman–Crippen MR) is 202 cm³/mol. The lowest BCUT2D eigenvalue weighted by molar-refractivity contribution is -0.117. The van der Waals surface area contributed by atoms with Crippen molar-refractivity contribution < 1.29 is 14.7 Å². The van der Waals surface area contributed by atoms with Crippen molar-refractivity contribution in [1.82, 2.24) is 0 Å². The van der Waals surface area contributed by atoms with Crippen LogP contribution in [-0.4, -0.2) is 28.0 Å². The summed E-state index contributed by atoms with van der Waals surface area (Å²) in [4.78, 5) is 31.4. The highest BCUT2D eigenvalue weighted by molar-refractivity contribution is 6.52. The molecule has 2 fully saturated rings. The smallest absolute Gasteiger partial charge is 0.201 e. The van der Waals surface area contributed by atoms with Crippen LogP contribution >= 0.6 is 0 Å². The van der Waals surface area contributed by atoms with Crippen molar-refractivity contribution in [2.75, 3.05) is 16.0 Å². The van der Waals surface area contributed by atoms with Crippen molar-refractivity contribution in [3.05, 3.63) is 82.6 Å². The van der Waals surface area contributed by atoms with Gasteiger partial charge in [-0.05, 0) is 98.9 Å². The van der Waals surface area contributed by atoms with Gasteiger partial charge >= 0.3 is 0 Å². The molecule has 0 bridgehead atoms. The largest absolute Gasteiger partial charge is 0.506 e. The van der Waals surface area contributed by atoms with E-state index in [0.29, 0.717) is 40.5 Å². The Hall–Kier alpha value is -4.65. The van der Waals surface area contributed by atoms with Gasteiger partial charge in [-0.15, -0.1) is 0 Å². The molecule has 7 heteroatoms. The highest BCUT2D eigenvalue weighted by Gasteiger charge is 2.44. The quantitative estimate of drug-likeness (QED) is 0.171. The lowest BCUT2D eigenvalue weighted by Crippen LogP contribution is -2.53. The van der Waals surface area contributed by atoms with Crippen molar-refractivity contribution in [3.63, 3.8) is 0 Å². The fourth-order valence-corrected chi connectivity index (χ4v) is 10.2. The molecule has 4 N–H and O–H groups in total. The molecule has 9 rings (SSSR count). The molecule has 2 spiro atoms. The third-order valence-corrected chi connectivity index (χ3v) is 12.2. The normalized spacial score (nSPS) is 29.3. The molecule has 0 aromatic heterocycles. The molecule has 3 aliphatic carbocycles. The summed E-state index contributed by atoms with van der Waals surface area (Å²) in [6.45, 7) is 6.32. The Labute approximate surface area is 292 Å². The van der Waals surface area contributed by atoms with E-state index >= 15 is 0 Å². The van der Waals surface area contributed by atoms with E-state index in [1.54, 1.807) is 6.92 Å². The van der Waals surface area contributed by atoms with Gasteiger partial charge in [0.15, 0.2) is 0 Å². The Bertz CT molecular complexity index is 2270. The zero-order chi connectivity index (χ0) is 34.4. The molecular weight excluding hydrogens is 620 g/mol. The fraction of sp³-hybridized carbons (Fsp3) is 0.419. The van der Waals surface area contributed by atoms with Gasteiger partial charge in [-0.2, -0.15) is 0 Å². The van der Waals surface area contributed by atoms with Crippen LogP contribution in [0.2, 0.25) is 0 Å². The molecule has 50 heavy (non-hydrogen) atoms. The number of nitrogens with one attached hydrogen (secondary N) is 3. The van der Waals surface area contributed by atoms with Gasteiger partial charge in [0.1, 0.15) is 22.9 Å². The average molecular weight is 667 g/mol. The summed E-state index contributed by atoms with van der Waals surface area (Å²) in [6.07, 6.45) is 9.70. The lowest BCUT2D eigenvalue weighted by Gasteiger charge is -2.48. The topological polar surface area (TPSA) is 103 Å². The maximum atomic E-state index is 14.4. The summed E-state index contributed by atoms with van der Waals surface area (Å²) in [7, 11) is 0. The number of anilines is 3. The SMILES string of the molecule is CC(=O)CCCC1CCC2(CC1)N=c1/c(=C3\C(=O)C(c4ccc5cccc6c5c4NC4(CC(C)CC(C)C4)N6)=C3O)ccc3cccc(c13)N2. The van der Waals surface area contributed by atoms with Crippen LogP contribution in [0.4, 0.5) is 17.1 Å². The van der Waals surface area contributed by atoms with Gasteiger partial charge in [0, 0.05) is 39.4 Å². The van der Waals surface area contributed by atoms with Crippen molar-refractivity contribution in [1.29, 1.82) is 0 Å². The van der Waals surface area contributed by atoms with E-state index < -0.39 is 5.66 Å². The Kier molecular flexibility index (Phi) is 7.17. The number of nitrogens with zero attached hydrogens (tertiary/aromatic N) is 1. The summed E-state index contributed by atoms with van der Waals surface area (Å²) in [6, 6.07) is 20.7. The molecule has 2 unspecified atom stereocenters. The summed E-state index contributed by atoms with van der Waals surface area (Å²) < 4.78 is 0. The molecule has 0 amide bonds.